The predicted octanol–water partition coefficient (Wildman–Crippen LogP) is 2.11. The monoisotopic (exact) mass is 517 g/mol. The van der Waals surface area contributed by atoms with E-state index in [0.717, 1.165) is 60.7 Å². The van der Waals surface area contributed by atoms with Gasteiger partial charge in [0.25, 0.3) is 5.56 Å². The number of aromatic nitrogens is 5. The molecule has 6 rings (SSSR count). The molecule has 11 nitrogen and oxygen atoms in total. The Hall–Kier alpha value is -3.80. The number of tetrazole rings is 1. The van der Waals surface area contributed by atoms with Gasteiger partial charge in [-0.15, -0.1) is 5.10 Å². The van der Waals surface area contributed by atoms with Crippen LogP contribution in [0.25, 0.3) is 10.9 Å². The highest BCUT2D eigenvalue weighted by Crippen LogP contribution is 2.33. The highest BCUT2D eigenvalue weighted by molar-refractivity contribution is 5.79. The maximum Gasteiger partial charge on any atom is 0.253 e. The molecule has 38 heavy (non-hydrogen) atoms. The molecule has 2 aliphatic heterocycles. The summed E-state index contributed by atoms with van der Waals surface area (Å²) in [5.74, 6) is 2.24. The molecule has 11 heteroatoms. The second-order valence-electron chi connectivity index (χ2n) is 9.80. The molecule has 1 N–H and O–H groups in total. The summed E-state index contributed by atoms with van der Waals surface area (Å²) in [4.78, 5) is 21.2. The molecule has 0 radical (unpaired) electrons. The second-order valence-corrected chi connectivity index (χ2v) is 9.80. The van der Waals surface area contributed by atoms with Gasteiger partial charge in [0.05, 0.1) is 13.2 Å². The van der Waals surface area contributed by atoms with Crippen molar-refractivity contribution in [1.29, 1.82) is 0 Å². The van der Waals surface area contributed by atoms with Crippen LogP contribution < -0.4 is 15.0 Å². The summed E-state index contributed by atoms with van der Waals surface area (Å²) in [6.07, 6.45) is 0. The van der Waals surface area contributed by atoms with E-state index in [0.29, 0.717) is 24.5 Å². The van der Waals surface area contributed by atoms with E-state index in [1.165, 1.54) is 5.56 Å². The normalized spacial score (nSPS) is 16.8. The Morgan fingerprint density at radius 2 is 1.89 bits per heavy atom. The Morgan fingerprint density at radius 1 is 1.05 bits per heavy atom. The fraction of sp³-hybridized carbons (Fsp3) is 0.407. The van der Waals surface area contributed by atoms with Gasteiger partial charge in [-0.3, -0.25) is 14.6 Å². The summed E-state index contributed by atoms with van der Waals surface area (Å²) in [6.45, 7) is 7.32. The molecular weight excluding hydrogens is 486 g/mol. The number of rotatable bonds is 8. The molecule has 0 spiro atoms. The molecule has 0 amide bonds. The lowest BCUT2D eigenvalue weighted by Crippen LogP contribution is -2.48. The zero-order chi connectivity index (χ0) is 26.1. The van der Waals surface area contributed by atoms with Crippen molar-refractivity contribution in [3.8, 4) is 11.5 Å². The number of hydrogen-bond donors (Lipinski definition) is 1. The van der Waals surface area contributed by atoms with Gasteiger partial charge in [0.2, 0.25) is 6.79 Å². The molecule has 2 aliphatic rings. The van der Waals surface area contributed by atoms with Crippen LogP contribution in [0.4, 0.5) is 0 Å². The smallest absolute Gasteiger partial charge is 0.253 e. The molecule has 0 saturated carbocycles. The van der Waals surface area contributed by atoms with Gasteiger partial charge < -0.3 is 19.2 Å². The quantitative estimate of drug-likeness (QED) is 0.376. The summed E-state index contributed by atoms with van der Waals surface area (Å²) in [5.41, 5.74) is 3.64. The van der Waals surface area contributed by atoms with Crippen molar-refractivity contribution in [2.45, 2.75) is 26.1 Å². The number of aryl methyl sites for hydroxylation is 1. The topological polar surface area (TPSA) is 111 Å². The number of benzene rings is 2. The second kappa shape index (κ2) is 10.5. The summed E-state index contributed by atoms with van der Waals surface area (Å²) in [6, 6.07) is 13.7. The molecule has 198 valence electrons. The largest absolute Gasteiger partial charge is 0.454 e. The average molecular weight is 518 g/mol. The number of methoxy groups -OCH3 is 1. The first-order valence-electron chi connectivity index (χ1n) is 12.8. The first-order valence-corrected chi connectivity index (χ1v) is 12.8. The number of ether oxygens (including phenoxy) is 3. The van der Waals surface area contributed by atoms with Crippen LogP contribution in [0.15, 0.2) is 47.3 Å². The molecule has 0 aliphatic carbocycles. The Morgan fingerprint density at radius 3 is 2.74 bits per heavy atom. The summed E-state index contributed by atoms with van der Waals surface area (Å²) >= 11 is 0. The molecule has 4 aromatic rings. The van der Waals surface area contributed by atoms with E-state index in [4.69, 9.17) is 14.2 Å². The number of H-pyrrole nitrogens is 1. The molecule has 0 bridgehead atoms. The van der Waals surface area contributed by atoms with E-state index in [2.05, 4.69) is 48.5 Å². The van der Waals surface area contributed by atoms with Gasteiger partial charge in [0.15, 0.2) is 17.3 Å². The maximum atomic E-state index is 13.4. The van der Waals surface area contributed by atoms with Gasteiger partial charge in [-0.1, -0.05) is 17.7 Å². The maximum absolute atomic E-state index is 13.4. The summed E-state index contributed by atoms with van der Waals surface area (Å²) in [7, 11) is 1.65. The Balaban J connectivity index is 1.28. The SMILES string of the molecule is COCCn1nnnc1[C@@H](c1cc2cc(C)ccc2[nH]c1=O)N1CCN(Cc2ccc3c(c2)OCO3)CC1. The van der Waals surface area contributed by atoms with Crippen LogP contribution in [0.5, 0.6) is 11.5 Å². The molecule has 1 atom stereocenters. The van der Waals surface area contributed by atoms with E-state index in [1.807, 2.05) is 31.2 Å². The van der Waals surface area contributed by atoms with Gasteiger partial charge >= 0.3 is 0 Å². The Kier molecular flexibility index (Phi) is 6.79. The standard InChI is InChI=1S/C27H31N7O4/c1-18-3-5-22-20(13-18)15-21(27(35)28-22)25(26-29-30-31-34(26)11-12-36-2)33-9-7-32(8-10-33)16-19-4-6-23-24(14-19)38-17-37-23/h3-6,13-15,25H,7-12,16-17H2,1-2H3,(H,28,35)/t25-/m1/s1. The summed E-state index contributed by atoms with van der Waals surface area (Å²) in [5, 5.41) is 13.5. The number of aromatic amines is 1. The fourth-order valence-electron chi connectivity index (χ4n) is 5.27. The third-order valence-corrected chi connectivity index (χ3v) is 7.25. The lowest BCUT2D eigenvalue weighted by Gasteiger charge is -2.38. The average Bonchev–Trinajstić information content (AvgIpc) is 3.58. The van der Waals surface area contributed by atoms with E-state index in [9.17, 15) is 4.79 Å². The highest BCUT2D eigenvalue weighted by atomic mass is 16.7. The van der Waals surface area contributed by atoms with Crippen LogP contribution in [-0.4, -0.2) is 81.7 Å². The predicted molar refractivity (Wildman–Crippen MR) is 140 cm³/mol. The van der Waals surface area contributed by atoms with Crippen molar-refractivity contribution in [3.05, 3.63) is 75.3 Å². The van der Waals surface area contributed by atoms with Gasteiger partial charge in [-0.05, 0) is 58.6 Å². The number of nitrogens with zero attached hydrogens (tertiary/aromatic N) is 6. The van der Waals surface area contributed by atoms with Crippen molar-refractivity contribution in [2.75, 3.05) is 46.7 Å². The Bertz CT molecular complexity index is 1490. The first kappa shape index (κ1) is 24.5. The molecular formula is C27H31N7O4. The fourth-order valence-corrected chi connectivity index (χ4v) is 5.27. The van der Waals surface area contributed by atoms with Gasteiger partial charge in [0.1, 0.15) is 6.04 Å². The Labute approximate surface area is 219 Å². The van der Waals surface area contributed by atoms with E-state index in [1.54, 1.807) is 11.8 Å². The number of fused-ring (bicyclic) bond motifs is 2. The molecule has 1 fully saturated rings. The van der Waals surface area contributed by atoms with Crippen LogP contribution in [0.1, 0.15) is 28.6 Å². The third-order valence-electron chi connectivity index (χ3n) is 7.25. The number of nitrogens with one attached hydrogen (secondary N) is 1. The van der Waals surface area contributed by atoms with E-state index >= 15 is 0 Å². The van der Waals surface area contributed by atoms with Crippen LogP contribution in [0.3, 0.4) is 0 Å². The van der Waals surface area contributed by atoms with Crippen molar-refractivity contribution in [2.24, 2.45) is 0 Å². The minimum absolute atomic E-state index is 0.129. The van der Waals surface area contributed by atoms with Crippen LogP contribution in [0, 0.1) is 6.92 Å². The van der Waals surface area contributed by atoms with Gasteiger partial charge in [-0.25, -0.2) is 4.68 Å². The highest BCUT2D eigenvalue weighted by Gasteiger charge is 2.32. The minimum atomic E-state index is -0.386. The number of hydrogen-bond acceptors (Lipinski definition) is 9. The number of piperazine rings is 1. The summed E-state index contributed by atoms with van der Waals surface area (Å²) < 4.78 is 18.0. The molecule has 2 aromatic heterocycles. The van der Waals surface area contributed by atoms with E-state index in [-0.39, 0.29) is 18.4 Å². The van der Waals surface area contributed by atoms with Crippen molar-refractivity contribution < 1.29 is 14.2 Å². The molecule has 2 aromatic carbocycles. The van der Waals surface area contributed by atoms with Crippen molar-refractivity contribution in [3.63, 3.8) is 0 Å². The minimum Gasteiger partial charge on any atom is -0.454 e. The lowest BCUT2D eigenvalue weighted by molar-refractivity contribution is 0.0984. The number of pyridine rings is 1. The zero-order valence-corrected chi connectivity index (χ0v) is 21.6. The van der Waals surface area contributed by atoms with Gasteiger partial charge in [-0.2, -0.15) is 0 Å². The molecule has 4 heterocycles. The van der Waals surface area contributed by atoms with Crippen LogP contribution >= 0.6 is 0 Å². The van der Waals surface area contributed by atoms with Crippen molar-refractivity contribution >= 4 is 10.9 Å². The van der Waals surface area contributed by atoms with Crippen molar-refractivity contribution in [1.82, 2.24) is 35.0 Å². The lowest BCUT2D eigenvalue weighted by atomic mass is 10.0. The molecule has 0 unspecified atom stereocenters. The van der Waals surface area contributed by atoms with E-state index < -0.39 is 0 Å². The zero-order valence-electron chi connectivity index (χ0n) is 21.6. The first-order chi connectivity index (χ1) is 18.6. The third kappa shape index (κ3) is 4.87. The van der Waals surface area contributed by atoms with Crippen LogP contribution in [0.2, 0.25) is 0 Å². The van der Waals surface area contributed by atoms with Gasteiger partial charge in [0, 0.05) is 50.9 Å². The molecule has 1 saturated heterocycles. The van der Waals surface area contributed by atoms with Crippen LogP contribution in [-0.2, 0) is 17.8 Å².